The Morgan fingerprint density at radius 2 is 2.06 bits per heavy atom. The highest BCUT2D eigenvalue weighted by molar-refractivity contribution is 6.02. The zero-order chi connectivity index (χ0) is 12.6. The summed E-state index contributed by atoms with van der Waals surface area (Å²) in [6.07, 6.45) is -0.609. The van der Waals surface area contributed by atoms with Crippen molar-refractivity contribution in [2.24, 2.45) is 0 Å². The minimum atomic E-state index is -1.07. The molecule has 0 bridgehead atoms. The first kappa shape index (κ1) is 11.4. The summed E-state index contributed by atoms with van der Waals surface area (Å²) in [6.45, 7) is 3.34. The van der Waals surface area contributed by atoms with Gasteiger partial charge < -0.3 is 10.5 Å². The second-order valence-corrected chi connectivity index (χ2v) is 4.51. The van der Waals surface area contributed by atoms with Crippen molar-refractivity contribution >= 4 is 17.7 Å². The summed E-state index contributed by atoms with van der Waals surface area (Å²) in [7, 11) is 0. The van der Waals surface area contributed by atoms with Crippen molar-refractivity contribution in [3.8, 4) is 0 Å². The number of carbonyl (C=O) groups excluding carboxylic acids is 2. The van der Waals surface area contributed by atoms with E-state index in [9.17, 15) is 9.59 Å². The summed E-state index contributed by atoms with van der Waals surface area (Å²) in [5.41, 5.74) is 5.96. The summed E-state index contributed by atoms with van der Waals surface area (Å²) in [5, 5.41) is 0. The van der Waals surface area contributed by atoms with Crippen LogP contribution in [0.1, 0.15) is 19.4 Å². The number of carbonyl (C=O) groups is 2. The van der Waals surface area contributed by atoms with Gasteiger partial charge in [-0.15, -0.1) is 0 Å². The molecule has 0 aliphatic carbocycles. The zero-order valence-corrected chi connectivity index (χ0v) is 9.77. The van der Waals surface area contributed by atoms with Crippen LogP contribution in [-0.2, 0) is 16.1 Å². The maximum Gasteiger partial charge on any atom is 0.418 e. The van der Waals surface area contributed by atoms with Crippen LogP contribution in [0.2, 0.25) is 0 Å². The van der Waals surface area contributed by atoms with Crippen LogP contribution >= 0.6 is 0 Å². The fraction of sp³-hybridized carbons (Fsp3) is 0.333. The molecule has 0 radical (unpaired) electrons. The molecule has 1 aromatic rings. The van der Waals surface area contributed by atoms with Gasteiger partial charge in [0.2, 0.25) is 0 Å². The van der Waals surface area contributed by atoms with E-state index in [0.717, 1.165) is 10.5 Å². The Kier molecular flexibility index (Phi) is 2.53. The zero-order valence-electron chi connectivity index (χ0n) is 9.77. The lowest BCUT2D eigenvalue weighted by atomic mass is 10.1. The lowest BCUT2D eigenvalue weighted by molar-refractivity contribution is -0.134. The third-order valence-corrected chi connectivity index (χ3v) is 2.61. The molecule has 17 heavy (non-hydrogen) atoms. The number of amides is 2. The number of benzene rings is 1. The van der Waals surface area contributed by atoms with Crippen LogP contribution in [0.3, 0.4) is 0 Å². The van der Waals surface area contributed by atoms with Gasteiger partial charge in [-0.05, 0) is 31.5 Å². The molecule has 1 aliphatic rings. The van der Waals surface area contributed by atoms with Crippen molar-refractivity contribution in [1.82, 2.24) is 4.90 Å². The number of nitrogens with two attached hydrogens (primary N) is 1. The number of nitrogen functional groups attached to an aromatic ring is 1. The van der Waals surface area contributed by atoms with Gasteiger partial charge in [0.15, 0.2) is 5.60 Å². The van der Waals surface area contributed by atoms with Crippen LogP contribution in [0, 0.1) is 0 Å². The Balaban J connectivity index is 2.20. The fourth-order valence-electron chi connectivity index (χ4n) is 1.74. The van der Waals surface area contributed by atoms with Gasteiger partial charge in [-0.3, -0.25) is 4.79 Å². The van der Waals surface area contributed by atoms with Crippen molar-refractivity contribution in [2.75, 3.05) is 5.73 Å². The number of cyclic esters (lactones) is 1. The van der Waals surface area contributed by atoms with Gasteiger partial charge in [-0.2, -0.15) is 0 Å². The Bertz CT molecular complexity index is 482. The average molecular weight is 234 g/mol. The standard InChI is InChI=1S/C12H14N2O3/c1-12(2)10(15)14(11(16)17-12)7-8-4-3-5-9(13)6-8/h3-6H,7,13H2,1-2H3. The SMILES string of the molecule is CC1(C)OC(=O)N(Cc2cccc(N)c2)C1=O. The minimum Gasteiger partial charge on any atom is -0.433 e. The molecular weight excluding hydrogens is 220 g/mol. The summed E-state index contributed by atoms with van der Waals surface area (Å²) >= 11 is 0. The normalized spacial score (nSPS) is 18.4. The number of nitrogens with zero attached hydrogens (tertiary/aromatic N) is 1. The van der Waals surface area contributed by atoms with Gasteiger partial charge >= 0.3 is 6.09 Å². The summed E-state index contributed by atoms with van der Waals surface area (Å²) < 4.78 is 4.98. The molecule has 0 spiro atoms. The third kappa shape index (κ3) is 2.08. The van der Waals surface area contributed by atoms with Crippen molar-refractivity contribution < 1.29 is 14.3 Å². The third-order valence-electron chi connectivity index (χ3n) is 2.61. The van der Waals surface area contributed by atoms with Crippen molar-refractivity contribution in [3.63, 3.8) is 0 Å². The van der Waals surface area contributed by atoms with Crippen LogP contribution in [-0.4, -0.2) is 22.5 Å². The summed E-state index contributed by atoms with van der Waals surface area (Å²) in [5.74, 6) is -0.329. The number of imide groups is 1. The van der Waals surface area contributed by atoms with E-state index in [1.807, 2.05) is 6.07 Å². The van der Waals surface area contributed by atoms with Crippen LogP contribution in [0.5, 0.6) is 0 Å². The molecule has 1 fully saturated rings. The molecule has 1 saturated heterocycles. The second kappa shape index (κ2) is 3.76. The summed E-state index contributed by atoms with van der Waals surface area (Å²) in [6, 6.07) is 7.06. The molecule has 1 heterocycles. The van der Waals surface area contributed by atoms with E-state index in [-0.39, 0.29) is 12.5 Å². The van der Waals surface area contributed by atoms with Crippen molar-refractivity contribution in [2.45, 2.75) is 26.0 Å². The highest BCUT2D eigenvalue weighted by Gasteiger charge is 2.46. The molecule has 2 N–H and O–H groups in total. The van der Waals surface area contributed by atoms with Crippen molar-refractivity contribution in [1.29, 1.82) is 0 Å². The predicted octanol–water partition coefficient (Wildman–Crippen LogP) is 1.53. The van der Waals surface area contributed by atoms with E-state index >= 15 is 0 Å². The minimum absolute atomic E-state index is 0.187. The number of ether oxygens (including phenoxy) is 1. The smallest absolute Gasteiger partial charge is 0.418 e. The summed E-state index contributed by atoms with van der Waals surface area (Å²) in [4.78, 5) is 24.5. The van der Waals surface area contributed by atoms with E-state index in [0.29, 0.717) is 5.69 Å². The number of rotatable bonds is 2. The molecular formula is C12H14N2O3. The van der Waals surface area contributed by atoms with Crippen LogP contribution < -0.4 is 5.73 Å². The number of hydrogen-bond donors (Lipinski definition) is 1. The lowest BCUT2D eigenvalue weighted by Crippen LogP contribution is -2.35. The average Bonchev–Trinajstić information content (AvgIpc) is 2.41. The number of hydrogen-bond acceptors (Lipinski definition) is 4. The lowest BCUT2D eigenvalue weighted by Gasteiger charge is -2.13. The fourth-order valence-corrected chi connectivity index (χ4v) is 1.74. The molecule has 2 rings (SSSR count). The monoisotopic (exact) mass is 234 g/mol. The first-order chi connectivity index (χ1) is 7.90. The molecule has 5 heteroatoms. The molecule has 0 unspecified atom stereocenters. The Morgan fingerprint density at radius 1 is 1.35 bits per heavy atom. The van der Waals surface area contributed by atoms with E-state index < -0.39 is 11.7 Å². The van der Waals surface area contributed by atoms with Crippen LogP contribution in [0.25, 0.3) is 0 Å². The highest BCUT2D eigenvalue weighted by Crippen LogP contribution is 2.25. The van der Waals surface area contributed by atoms with E-state index in [4.69, 9.17) is 10.5 Å². The Labute approximate surface area is 99.2 Å². The van der Waals surface area contributed by atoms with Gasteiger partial charge in [0, 0.05) is 5.69 Å². The first-order valence-corrected chi connectivity index (χ1v) is 5.29. The molecule has 90 valence electrons. The maximum atomic E-state index is 11.9. The van der Waals surface area contributed by atoms with Gasteiger partial charge in [-0.25, -0.2) is 9.69 Å². The molecule has 5 nitrogen and oxygen atoms in total. The topological polar surface area (TPSA) is 72.6 Å². The van der Waals surface area contributed by atoms with Gasteiger partial charge in [0.1, 0.15) is 0 Å². The first-order valence-electron chi connectivity index (χ1n) is 5.29. The molecule has 0 aromatic heterocycles. The van der Waals surface area contributed by atoms with Crippen LogP contribution in [0.15, 0.2) is 24.3 Å². The van der Waals surface area contributed by atoms with Crippen LogP contribution in [0.4, 0.5) is 10.5 Å². The van der Waals surface area contributed by atoms with E-state index in [2.05, 4.69) is 0 Å². The predicted molar refractivity (Wildman–Crippen MR) is 62.0 cm³/mol. The largest absolute Gasteiger partial charge is 0.433 e. The van der Waals surface area contributed by atoms with E-state index in [1.54, 1.807) is 32.0 Å². The van der Waals surface area contributed by atoms with E-state index in [1.165, 1.54) is 0 Å². The quantitative estimate of drug-likeness (QED) is 0.787. The Morgan fingerprint density at radius 3 is 2.59 bits per heavy atom. The molecule has 1 aliphatic heterocycles. The second-order valence-electron chi connectivity index (χ2n) is 4.51. The van der Waals surface area contributed by atoms with Crippen molar-refractivity contribution in [3.05, 3.63) is 29.8 Å². The molecule has 0 saturated carbocycles. The van der Waals surface area contributed by atoms with Gasteiger partial charge in [0.25, 0.3) is 5.91 Å². The molecule has 0 atom stereocenters. The molecule has 1 aromatic carbocycles. The number of anilines is 1. The molecule has 2 amide bonds. The Hall–Kier alpha value is -2.04. The maximum absolute atomic E-state index is 11.9. The van der Waals surface area contributed by atoms with Gasteiger partial charge in [0.05, 0.1) is 6.54 Å². The highest BCUT2D eigenvalue weighted by atomic mass is 16.6. The van der Waals surface area contributed by atoms with Gasteiger partial charge in [-0.1, -0.05) is 12.1 Å².